The third kappa shape index (κ3) is 2.94. The summed E-state index contributed by atoms with van der Waals surface area (Å²) in [6.45, 7) is 1.55. The molecule has 1 saturated heterocycles. The third-order valence-electron chi connectivity index (χ3n) is 4.16. The summed E-state index contributed by atoms with van der Waals surface area (Å²) in [7, 11) is 1.97. The van der Waals surface area contributed by atoms with Gasteiger partial charge in [0.25, 0.3) is 5.91 Å². The van der Waals surface area contributed by atoms with Gasteiger partial charge in [0.2, 0.25) is 0 Å². The van der Waals surface area contributed by atoms with Gasteiger partial charge >= 0.3 is 0 Å². The average molecular weight is 363 g/mol. The molecule has 1 fully saturated rings. The Bertz CT molecular complexity index is 647. The number of benzene rings is 1. The normalized spacial score (nSPS) is 16.0. The highest BCUT2D eigenvalue weighted by molar-refractivity contribution is 9.10. The molecule has 0 bridgehead atoms. The smallest absolute Gasteiger partial charge is 0.273 e. The second-order valence-corrected chi connectivity index (χ2v) is 6.28. The van der Waals surface area contributed by atoms with Gasteiger partial charge in [0.05, 0.1) is 4.47 Å². The Morgan fingerprint density at radius 3 is 2.64 bits per heavy atom. The summed E-state index contributed by atoms with van der Waals surface area (Å²) in [5.74, 6) is 0.0103. The van der Waals surface area contributed by atoms with Crippen molar-refractivity contribution in [1.29, 1.82) is 0 Å². The fourth-order valence-corrected chi connectivity index (χ4v) is 3.36. The van der Waals surface area contributed by atoms with Crippen LogP contribution in [0, 0.1) is 0 Å². The predicted octanol–water partition coefficient (Wildman–Crippen LogP) is 2.66. The highest BCUT2D eigenvalue weighted by Crippen LogP contribution is 2.29. The topological polar surface area (TPSA) is 61.0 Å². The number of H-pyrrole nitrogens is 1. The minimum atomic E-state index is 0.0103. The lowest BCUT2D eigenvalue weighted by atomic mass is 10.0. The molecule has 3 rings (SSSR count). The number of aromatic nitrogens is 2. The van der Waals surface area contributed by atoms with Crippen LogP contribution in [0.15, 0.2) is 34.8 Å². The molecule has 0 radical (unpaired) electrons. The van der Waals surface area contributed by atoms with Crippen LogP contribution in [-0.2, 0) is 0 Å². The monoisotopic (exact) mass is 362 g/mol. The Hall–Kier alpha value is -1.66. The molecular formula is C16H19BrN4O. The largest absolute Gasteiger partial charge is 0.337 e. The highest BCUT2D eigenvalue weighted by atomic mass is 79.9. The lowest BCUT2D eigenvalue weighted by molar-refractivity contribution is 0.0700. The van der Waals surface area contributed by atoms with E-state index in [1.165, 1.54) is 0 Å². The van der Waals surface area contributed by atoms with Gasteiger partial charge in [-0.3, -0.25) is 9.89 Å². The number of piperidine rings is 1. The summed E-state index contributed by atoms with van der Waals surface area (Å²) < 4.78 is 0.736. The van der Waals surface area contributed by atoms with E-state index < -0.39 is 0 Å². The van der Waals surface area contributed by atoms with Gasteiger partial charge in [0.15, 0.2) is 0 Å². The van der Waals surface area contributed by atoms with Crippen molar-refractivity contribution >= 4 is 21.8 Å². The molecule has 1 aliphatic heterocycles. The van der Waals surface area contributed by atoms with Gasteiger partial charge in [0, 0.05) is 24.7 Å². The molecule has 2 N–H and O–H groups in total. The third-order valence-corrected chi connectivity index (χ3v) is 4.93. The lowest BCUT2D eigenvalue weighted by Gasteiger charge is -2.31. The Morgan fingerprint density at radius 2 is 2.00 bits per heavy atom. The van der Waals surface area contributed by atoms with Gasteiger partial charge in [-0.15, -0.1) is 0 Å². The zero-order valence-corrected chi connectivity index (χ0v) is 14.1. The van der Waals surface area contributed by atoms with Crippen LogP contribution in [-0.4, -0.2) is 47.2 Å². The van der Waals surface area contributed by atoms with Gasteiger partial charge < -0.3 is 10.2 Å². The van der Waals surface area contributed by atoms with Gasteiger partial charge in [-0.1, -0.05) is 30.3 Å². The Labute approximate surface area is 138 Å². The first-order valence-corrected chi connectivity index (χ1v) is 8.26. The molecule has 116 valence electrons. The van der Waals surface area contributed by atoms with Crippen LogP contribution in [0.25, 0.3) is 11.3 Å². The first-order chi connectivity index (χ1) is 10.7. The molecule has 1 amide bonds. The molecule has 0 aliphatic carbocycles. The Morgan fingerprint density at radius 1 is 1.32 bits per heavy atom. The molecule has 1 aromatic heterocycles. The molecular weight excluding hydrogens is 344 g/mol. The first-order valence-electron chi connectivity index (χ1n) is 7.46. The van der Waals surface area contributed by atoms with Crippen LogP contribution >= 0.6 is 15.9 Å². The van der Waals surface area contributed by atoms with Gasteiger partial charge in [0.1, 0.15) is 11.4 Å². The fourth-order valence-electron chi connectivity index (χ4n) is 2.79. The van der Waals surface area contributed by atoms with Gasteiger partial charge in [-0.25, -0.2) is 0 Å². The first kappa shape index (κ1) is 15.2. The maximum Gasteiger partial charge on any atom is 0.273 e. The minimum Gasteiger partial charge on any atom is -0.337 e. The summed E-state index contributed by atoms with van der Waals surface area (Å²) in [6.07, 6.45) is 1.97. The van der Waals surface area contributed by atoms with E-state index in [9.17, 15) is 4.79 Å². The summed E-state index contributed by atoms with van der Waals surface area (Å²) in [5.41, 5.74) is 2.29. The molecule has 0 atom stereocenters. The molecule has 1 aliphatic rings. The number of amides is 1. The van der Waals surface area contributed by atoms with Gasteiger partial charge in [-0.2, -0.15) is 5.10 Å². The van der Waals surface area contributed by atoms with E-state index >= 15 is 0 Å². The minimum absolute atomic E-state index is 0.0103. The molecule has 1 aromatic carbocycles. The van der Waals surface area contributed by atoms with Crippen LogP contribution in [0.5, 0.6) is 0 Å². The number of nitrogens with one attached hydrogen (secondary N) is 2. The van der Waals surface area contributed by atoms with Crippen molar-refractivity contribution in [2.24, 2.45) is 0 Å². The van der Waals surface area contributed by atoms with E-state index in [2.05, 4.69) is 31.4 Å². The fraction of sp³-hybridized carbons (Fsp3) is 0.375. The maximum atomic E-state index is 12.7. The number of carbonyl (C=O) groups excluding carboxylic acids is 1. The van der Waals surface area contributed by atoms with E-state index in [0.29, 0.717) is 11.7 Å². The molecule has 5 nitrogen and oxygen atoms in total. The summed E-state index contributed by atoms with van der Waals surface area (Å²) in [5, 5.41) is 10.5. The molecule has 22 heavy (non-hydrogen) atoms. The molecule has 6 heteroatoms. The van der Waals surface area contributed by atoms with E-state index in [1.54, 1.807) is 0 Å². The second kappa shape index (κ2) is 6.62. The van der Waals surface area contributed by atoms with E-state index in [1.807, 2.05) is 42.3 Å². The summed E-state index contributed by atoms with van der Waals surface area (Å²) >= 11 is 3.53. The molecule has 0 spiro atoms. The second-order valence-electron chi connectivity index (χ2n) is 5.48. The number of nitrogens with zero attached hydrogens (tertiary/aromatic N) is 2. The number of aromatic amines is 1. The van der Waals surface area contributed by atoms with E-state index in [-0.39, 0.29) is 5.91 Å². The Balaban J connectivity index is 1.78. The van der Waals surface area contributed by atoms with Crippen molar-refractivity contribution in [3.05, 3.63) is 40.5 Å². The number of rotatable bonds is 3. The summed E-state index contributed by atoms with van der Waals surface area (Å²) in [4.78, 5) is 14.6. The number of carbonyl (C=O) groups is 1. The lowest BCUT2D eigenvalue weighted by Crippen LogP contribution is -2.44. The van der Waals surface area contributed by atoms with Crippen molar-refractivity contribution < 1.29 is 4.79 Å². The maximum absolute atomic E-state index is 12.7. The van der Waals surface area contributed by atoms with Crippen molar-refractivity contribution in [1.82, 2.24) is 20.4 Å². The molecule has 2 heterocycles. The quantitative estimate of drug-likeness (QED) is 0.882. The number of likely N-dealkylation sites (tertiary alicyclic amines) is 1. The van der Waals surface area contributed by atoms with Gasteiger partial charge in [-0.05, 0) is 35.8 Å². The van der Waals surface area contributed by atoms with Crippen LogP contribution < -0.4 is 5.32 Å². The van der Waals surface area contributed by atoms with Crippen molar-refractivity contribution in [3.8, 4) is 11.3 Å². The molecule has 2 aromatic rings. The SMILES string of the molecule is CNC1CCN(C(=O)c2[nH]nc(-c3ccccc3)c2Br)CC1. The summed E-state index contributed by atoms with van der Waals surface area (Å²) in [6, 6.07) is 10.3. The molecule has 0 unspecified atom stereocenters. The highest BCUT2D eigenvalue weighted by Gasteiger charge is 2.26. The van der Waals surface area contributed by atoms with E-state index in [0.717, 1.165) is 41.7 Å². The molecule has 0 saturated carbocycles. The van der Waals surface area contributed by atoms with E-state index in [4.69, 9.17) is 0 Å². The van der Waals surface area contributed by atoms with Crippen molar-refractivity contribution in [2.75, 3.05) is 20.1 Å². The van der Waals surface area contributed by atoms with Crippen LogP contribution in [0.2, 0.25) is 0 Å². The number of halogens is 1. The van der Waals surface area contributed by atoms with Crippen molar-refractivity contribution in [2.45, 2.75) is 18.9 Å². The number of hydrogen-bond acceptors (Lipinski definition) is 3. The Kier molecular flexibility index (Phi) is 4.59. The zero-order valence-electron chi connectivity index (χ0n) is 12.5. The standard InChI is InChI=1S/C16H19BrN4O/c1-18-12-7-9-21(10-8-12)16(22)15-13(17)14(19-20-15)11-5-3-2-4-6-11/h2-6,12,18H,7-10H2,1H3,(H,19,20). The number of hydrogen-bond donors (Lipinski definition) is 2. The van der Waals surface area contributed by atoms with Crippen molar-refractivity contribution in [3.63, 3.8) is 0 Å². The van der Waals surface area contributed by atoms with Crippen LogP contribution in [0.4, 0.5) is 0 Å². The zero-order chi connectivity index (χ0) is 15.5. The van der Waals surface area contributed by atoms with Crippen LogP contribution in [0.1, 0.15) is 23.3 Å². The predicted molar refractivity (Wildman–Crippen MR) is 89.7 cm³/mol. The van der Waals surface area contributed by atoms with Crippen LogP contribution in [0.3, 0.4) is 0 Å². The average Bonchev–Trinajstić information content (AvgIpc) is 2.96.